The first kappa shape index (κ1) is 19.7. The molecule has 8 heteroatoms. The average Bonchev–Trinajstić information content (AvgIpc) is 2.58. The Morgan fingerprint density at radius 1 is 1.27 bits per heavy atom. The van der Waals surface area contributed by atoms with Crippen molar-refractivity contribution in [3.63, 3.8) is 0 Å². The molecule has 0 fully saturated rings. The van der Waals surface area contributed by atoms with Crippen molar-refractivity contribution in [2.45, 2.75) is 45.8 Å². The molecular weight excluding hydrogens is 346 g/mol. The van der Waals surface area contributed by atoms with Gasteiger partial charge in [0.25, 0.3) is 0 Å². The van der Waals surface area contributed by atoms with Crippen LogP contribution in [0, 0.1) is 0 Å². The molecule has 2 N–H and O–H groups in total. The lowest BCUT2D eigenvalue weighted by atomic mass is 9.95. The molecule has 6 nitrogen and oxygen atoms in total. The van der Waals surface area contributed by atoms with Crippen LogP contribution in [-0.2, 0) is 9.53 Å². The molecule has 1 atom stereocenters. The smallest absolute Gasteiger partial charge is 0.387 e. The number of hydrogen-bond donors (Lipinski definition) is 2. The number of amides is 2. The van der Waals surface area contributed by atoms with E-state index in [1.165, 1.54) is 18.2 Å². The summed E-state index contributed by atoms with van der Waals surface area (Å²) in [6, 6.07) is 4.53. The van der Waals surface area contributed by atoms with Gasteiger partial charge >= 0.3 is 18.6 Å². The van der Waals surface area contributed by atoms with E-state index in [2.05, 4.69) is 15.4 Å². The van der Waals surface area contributed by atoms with Crippen LogP contribution in [0.1, 0.15) is 44.7 Å². The lowest BCUT2D eigenvalue weighted by Crippen LogP contribution is -2.45. The zero-order chi connectivity index (χ0) is 19.1. The third-order valence-corrected chi connectivity index (χ3v) is 3.92. The zero-order valence-corrected chi connectivity index (χ0v) is 14.7. The Kier molecular flexibility index (Phi) is 6.94. The van der Waals surface area contributed by atoms with Crippen LogP contribution in [0.5, 0.6) is 5.75 Å². The van der Waals surface area contributed by atoms with Gasteiger partial charge in [0.05, 0.1) is 18.2 Å². The normalized spacial score (nSPS) is 17.0. The monoisotopic (exact) mass is 368 g/mol. The molecule has 0 aromatic heterocycles. The molecule has 2 amide bonds. The molecule has 0 spiro atoms. The number of allylic oxidation sites excluding steroid dienone is 1. The molecule has 0 saturated carbocycles. The predicted molar refractivity (Wildman–Crippen MR) is 90.7 cm³/mol. The SMILES string of the molecule is CCCCCOC(=O)C1=C(C)NC(=O)NC1c1ccccc1OC(F)F. The van der Waals surface area contributed by atoms with Gasteiger partial charge in [-0.2, -0.15) is 8.78 Å². The van der Waals surface area contributed by atoms with Gasteiger partial charge in [-0.15, -0.1) is 0 Å². The molecule has 0 radical (unpaired) electrons. The van der Waals surface area contributed by atoms with Crippen LogP contribution >= 0.6 is 0 Å². The van der Waals surface area contributed by atoms with Gasteiger partial charge in [0.2, 0.25) is 0 Å². The number of hydrogen-bond acceptors (Lipinski definition) is 4. The van der Waals surface area contributed by atoms with Gasteiger partial charge in [0, 0.05) is 11.3 Å². The number of alkyl halides is 2. The number of esters is 1. The molecule has 0 saturated heterocycles. The van der Waals surface area contributed by atoms with Crippen LogP contribution in [0.2, 0.25) is 0 Å². The minimum Gasteiger partial charge on any atom is -0.462 e. The summed E-state index contributed by atoms with van der Waals surface area (Å²) in [6.45, 7) is 0.818. The molecule has 0 aliphatic carbocycles. The fourth-order valence-electron chi connectivity index (χ4n) is 2.71. The largest absolute Gasteiger partial charge is 0.462 e. The molecule has 2 rings (SSSR count). The average molecular weight is 368 g/mol. The first-order valence-electron chi connectivity index (χ1n) is 8.43. The Balaban J connectivity index is 2.31. The van der Waals surface area contributed by atoms with Crippen LogP contribution in [0.4, 0.5) is 13.6 Å². The topological polar surface area (TPSA) is 76.7 Å². The van der Waals surface area contributed by atoms with E-state index in [0.717, 1.165) is 19.3 Å². The summed E-state index contributed by atoms with van der Waals surface area (Å²) in [5, 5.41) is 5.09. The van der Waals surface area contributed by atoms with Crippen molar-refractivity contribution in [3.8, 4) is 5.75 Å². The molecule has 142 valence electrons. The van der Waals surface area contributed by atoms with Crippen LogP contribution in [0.15, 0.2) is 35.5 Å². The quantitative estimate of drug-likeness (QED) is 0.542. The van der Waals surface area contributed by atoms with Gasteiger partial charge in [0.1, 0.15) is 5.75 Å². The van der Waals surface area contributed by atoms with Crippen LogP contribution in [0.3, 0.4) is 0 Å². The van der Waals surface area contributed by atoms with Gasteiger partial charge in [-0.1, -0.05) is 38.0 Å². The highest BCUT2D eigenvalue weighted by Crippen LogP contribution is 2.34. The zero-order valence-electron chi connectivity index (χ0n) is 14.7. The van der Waals surface area contributed by atoms with E-state index < -0.39 is 24.7 Å². The third-order valence-electron chi connectivity index (χ3n) is 3.92. The highest BCUT2D eigenvalue weighted by atomic mass is 19.3. The maximum absolute atomic E-state index is 12.7. The van der Waals surface area contributed by atoms with E-state index >= 15 is 0 Å². The molecule has 1 aliphatic rings. The summed E-state index contributed by atoms with van der Waals surface area (Å²) >= 11 is 0. The minimum atomic E-state index is -3.02. The number of nitrogens with one attached hydrogen (secondary N) is 2. The first-order valence-corrected chi connectivity index (χ1v) is 8.43. The second-order valence-electron chi connectivity index (χ2n) is 5.83. The fourth-order valence-corrected chi connectivity index (χ4v) is 2.71. The van der Waals surface area contributed by atoms with E-state index in [-0.39, 0.29) is 23.5 Å². The van der Waals surface area contributed by atoms with Gasteiger partial charge in [-0.25, -0.2) is 9.59 Å². The number of rotatable bonds is 8. The number of ether oxygens (including phenoxy) is 2. The molecule has 1 heterocycles. The Hall–Kier alpha value is -2.64. The van der Waals surface area contributed by atoms with Crippen molar-refractivity contribution < 1.29 is 27.8 Å². The Labute approximate surface area is 150 Å². The number of benzene rings is 1. The third kappa shape index (κ3) is 4.93. The van der Waals surface area contributed by atoms with Crippen LogP contribution in [0.25, 0.3) is 0 Å². The minimum absolute atomic E-state index is 0.112. The van der Waals surface area contributed by atoms with E-state index in [0.29, 0.717) is 5.70 Å². The first-order chi connectivity index (χ1) is 12.4. The molecule has 0 bridgehead atoms. The summed E-state index contributed by atoms with van der Waals surface area (Å²) in [5.41, 5.74) is 0.722. The molecule has 1 aliphatic heterocycles. The highest BCUT2D eigenvalue weighted by molar-refractivity contribution is 5.95. The standard InChI is InChI=1S/C18H22F2N2O4/c1-3-4-7-10-25-16(23)14-11(2)21-18(24)22-15(14)12-8-5-6-9-13(12)26-17(19)20/h5-6,8-9,15,17H,3-4,7,10H2,1-2H3,(H2,21,22,24). The maximum Gasteiger partial charge on any atom is 0.387 e. The summed E-state index contributed by atoms with van der Waals surface area (Å²) in [6.07, 6.45) is 2.64. The second kappa shape index (κ2) is 9.17. The molecule has 1 aromatic carbocycles. The van der Waals surface area contributed by atoms with Crippen molar-refractivity contribution >= 4 is 12.0 Å². The maximum atomic E-state index is 12.7. The Morgan fingerprint density at radius 2 is 2.00 bits per heavy atom. The number of halogens is 2. The lowest BCUT2D eigenvalue weighted by Gasteiger charge is -2.29. The summed E-state index contributed by atoms with van der Waals surface area (Å²) in [7, 11) is 0. The lowest BCUT2D eigenvalue weighted by molar-refractivity contribution is -0.139. The van der Waals surface area contributed by atoms with Crippen LogP contribution < -0.4 is 15.4 Å². The summed E-state index contributed by atoms with van der Waals surface area (Å²) in [5.74, 6) is -0.721. The number of unbranched alkanes of at least 4 members (excludes halogenated alkanes) is 2. The van der Waals surface area contributed by atoms with Gasteiger partial charge in [-0.05, 0) is 19.4 Å². The van der Waals surface area contributed by atoms with E-state index in [4.69, 9.17) is 4.74 Å². The van der Waals surface area contributed by atoms with Gasteiger partial charge in [0.15, 0.2) is 0 Å². The van der Waals surface area contributed by atoms with Crippen molar-refractivity contribution in [3.05, 3.63) is 41.1 Å². The Bertz CT molecular complexity index is 692. The summed E-state index contributed by atoms with van der Waals surface area (Å²) in [4.78, 5) is 24.4. The number of urea groups is 1. The van der Waals surface area contributed by atoms with E-state index in [1.54, 1.807) is 13.0 Å². The molecule has 1 aromatic rings. The number of carbonyl (C=O) groups is 2. The van der Waals surface area contributed by atoms with Crippen molar-refractivity contribution in [1.82, 2.24) is 10.6 Å². The van der Waals surface area contributed by atoms with Gasteiger partial charge < -0.3 is 20.1 Å². The van der Waals surface area contributed by atoms with Crippen LogP contribution in [-0.4, -0.2) is 25.2 Å². The van der Waals surface area contributed by atoms with Crippen molar-refractivity contribution in [2.24, 2.45) is 0 Å². The van der Waals surface area contributed by atoms with Crippen molar-refractivity contribution in [2.75, 3.05) is 6.61 Å². The molecule has 1 unspecified atom stereocenters. The van der Waals surface area contributed by atoms with E-state index in [9.17, 15) is 18.4 Å². The molecule has 26 heavy (non-hydrogen) atoms. The fraction of sp³-hybridized carbons (Fsp3) is 0.444. The Morgan fingerprint density at radius 3 is 2.69 bits per heavy atom. The summed E-state index contributed by atoms with van der Waals surface area (Å²) < 4.78 is 35.2. The van der Waals surface area contributed by atoms with Gasteiger partial charge in [-0.3, -0.25) is 0 Å². The predicted octanol–water partition coefficient (Wildman–Crippen LogP) is 3.65. The number of para-hydroxylation sites is 1. The van der Waals surface area contributed by atoms with E-state index in [1.807, 2.05) is 6.92 Å². The molecular formula is C18H22F2N2O4. The number of carbonyl (C=O) groups excluding carboxylic acids is 2. The van der Waals surface area contributed by atoms with Crippen molar-refractivity contribution in [1.29, 1.82) is 0 Å². The highest BCUT2D eigenvalue weighted by Gasteiger charge is 2.34. The second-order valence-corrected chi connectivity index (χ2v) is 5.83.